The smallest absolute Gasteiger partial charge is 0.254 e. The molecule has 2 heterocycles. The van der Waals surface area contributed by atoms with Crippen molar-refractivity contribution in [3.63, 3.8) is 0 Å². The zero-order valence-electron chi connectivity index (χ0n) is 14.2. The van der Waals surface area contributed by atoms with E-state index in [0.717, 1.165) is 28.9 Å². The molecule has 1 aromatic heterocycles. The molecule has 3 aromatic rings. The second-order valence-corrected chi connectivity index (χ2v) is 6.82. The van der Waals surface area contributed by atoms with Crippen molar-refractivity contribution in [2.75, 3.05) is 13.7 Å². The van der Waals surface area contributed by atoms with E-state index in [9.17, 15) is 4.79 Å². The SMILES string of the molecule is COc1ccc2[nH]c(C)c3c2c1CN(C(=O)c1ccc(Cl)cc1)CC3. The Bertz CT molecular complexity index is 960. The van der Waals surface area contributed by atoms with Crippen LogP contribution in [0.3, 0.4) is 0 Å². The lowest BCUT2D eigenvalue weighted by Gasteiger charge is -2.22. The molecule has 2 aromatic carbocycles. The van der Waals surface area contributed by atoms with Crippen LogP contribution < -0.4 is 4.74 Å². The zero-order chi connectivity index (χ0) is 17.6. The standard InChI is InChI=1S/C20H19ClN2O2/c1-12-15-9-10-23(20(24)13-3-5-14(21)6-4-13)11-16-18(25-2)8-7-17(22-12)19(15)16/h3-8,22H,9-11H2,1-2H3. The maximum atomic E-state index is 13.0. The summed E-state index contributed by atoms with van der Waals surface area (Å²) in [6.07, 6.45) is 0.825. The summed E-state index contributed by atoms with van der Waals surface area (Å²) in [4.78, 5) is 18.3. The average Bonchev–Trinajstić information content (AvgIpc) is 2.80. The van der Waals surface area contributed by atoms with Gasteiger partial charge in [-0.3, -0.25) is 4.79 Å². The van der Waals surface area contributed by atoms with Crippen molar-refractivity contribution in [3.8, 4) is 5.75 Å². The lowest BCUT2D eigenvalue weighted by molar-refractivity contribution is 0.0747. The summed E-state index contributed by atoms with van der Waals surface area (Å²) < 4.78 is 5.58. The Labute approximate surface area is 151 Å². The van der Waals surface area contributed by atoms with Gasteiger partial charge in [0.25, 0.3) is 5.91 Å². The second-order valence-electron chi connectivity index (χ2n) is 6.38. The first kappa shape index (κ1) is 16.0. The third kappa shape index (κ3) is 2.67. The van der Waals surface area contributed by atoms with Crippen molar-refractivity contribution in [3.05, 3.63) is 63.8 Å². The average molecular weight is 355 g/mol. The van der Waals surface area contributed by atoms with Crippen LogP contribution in [0.5, 0.6) is 5.75 Å². The molecule has 0 saturated heterocycles. The quantitative estimate of drug-likeness (QED) is 0.744. The summed E-state index contributed by atoms with van der Waals surface area (Å²) in [5, 5.41) is 1.83. The van der Waals surface area contributed by atoms with Crippen molar-refractivity contribution in [1.29, 1.82) is 0 Å². The van der Waals surface area contributed by atoms with Gasteiger partial charge in [-0.05, 0) is 55.3 Å². The summed E-state index contributed by atoms with van der Waals surface area (Å²) in [5.74, 6) is 0.839. The minimum Gasteiger partial charge on any atom is -0.496 e. The van der Waals surface area contributed by atoms with Gasteiger partial charge in [0.05, 0.1) is 13.7 Å². The number of amides is 1. The maximum Gasteiger partial charge on any atom is 0.254 e. The van der Waals surface area contributed by atoms with Gasteiger partial charge in [0, 0.05) is 39.3 Å². The number of benzene rings is 2. The normalized spacial score (nSPS) is 13.8. The van der Waals surface area contributed by atoms with Gasteiger partial charge in [-0.25, -0.2) is 0 Å². The van der Waals surface area contributed by atoms with Crippen LogP contribution in [0.1, 0.15) is 27.2 Å². The first-order valence-corrected chi connectivity index (χ1v) is 8.68. The third-order valence-corrected chi connectivity index (χ3v) is 5.18. The fraction of sp³-hybridized carbons (Fsp3) is 0.250. The number of methoxy groups -OCH3 is 1. The van der Waals surface area contributed by atoms with E-state index in [1.54, 1.807) is 31.4 Å². The molecule has 0 unspecified atom stereocenters. The number of carbonyl (C=O) groups is 1. The Kier molecular flexibility index (Phi) is 3.92. The molecule has 0 aliphatic carbocycles. The number of carbonyl (C=O) groups excluding carboxylic acids is 1. The predicted octanol–water partition coefficient (Wildman–Crippen LogP) is 4.34. The highest BCUT2D eigenvalue weighted by molar-refractivity contribution is 6.30. The van der Waals surface area contributed by atoms with Gasteiger partial charge in [0.1, 0.15) is 5.75 Å². The van der Waals surface area contributed by atoms with Crippen LogP contribution in [0.15, 0.2) is 36.4 Å². The molecule has 4 nitrogen and oxygen atoms in total. The van der Waals surface area contributed by atoms with Gasteiger partial charge in [0.15, 0.2) is 0 Å². The molecule has 4 rings (SSSR count). The van der Waals surface area contributed by atoms with Gasteiger partial charge in [-0.2, -0.15) is 0 Å². The summed E-state index contributed by atoms with van der Waals surface area (Å²) >= 11 is 5.94. The number of hydrogen-bond acceptors (Lipinski definition) is 2. The van der Waals surface area contributed by atoms with Crippen molar-refractivity contribution in [1.82, 2.24) is 9.88 Å². The second kappa shape index (κ2) is 6.12. The molecule has 1 amide bonds. The number of halogens is 1. The minimum atomic E-state index is 0.0162. The number of aromatic nitrogens is 1. The largest absolute Gasteiger partial charge is 0.496 e. The highest BCUT2D eigenvalue weighted by Crippen LogP contribution is 2.35. The van der Waals surface area contributed by atoms with Crippen molar-refractivity contribution in [2.24, 2.45) is 0 Å². The minimum absolute atomic E-state index is 0.0162. The Morgan fingerprint density at radius 3 is 2.64 bits per heavy atom. The highest BCUT2D eigenvalue weighted by Gasteiger charge is 2.25. The molecule has 1 aliphatic rings. The Morgan fingerprint density at radius 1 is 1.16 bits per heavy atom. The van der Waals surface area contributed by atoms with Crippen LogP contribution >= 0.6 is 11.6 Å². The van der Waals surface area contributed by atoms with E-state index in [1.165, 1.54) is 10.9 Å². The maximum absolute atomic E-state index is 13.0. The van der Waals surface area contributed by atoms with Crippen molar-refractivity contribution >= 4 is 28.4 Å². The molecule has 25 heavy (non-hydrogen) atoms. The van der Waals surface area contributed by atoms with Crippen LogP contribution in [0.2, 0.25) is 5.02 Å². The molecule has 0 spiro atoms. The monoisotopic (exact) mass is 354 g/mol. The van der Waals surface area contributed by atoms with Crippen LogP contribution in [-0.2, 0) is 13.0 Å². The molecule has 5 heteroatoms. The lowest BCUT2D eigenvalue weighted by Crippen LogP contribution is -2.31. The lowest BCUT2D eigenvalue weighted by atomic mass is 10.0. The fourth-order valence-electron chi connectivity index (χ4n) is 3.67. The number of nitrogens with one attached hydrogen (secondary N) is 1. The van der Waals surface area contributed by atoms with E-state index in [1.807, 2.05) is 17.0 Å². The van der Waals surface area contributed by atoms with Gasteiger partial charge in [-0.1, -0.05) is 11.6 Å². The van der Waals surface area contributed by atoms with Crippen LogP contribution in [0, 0.1) is 6.92 Å². The van der Waals surface area contributed by atoms with Crippen LogP contribution in [0.25, 0.3) is 10.9 Å². The van der Waals surface area contributed by atoms with Crippen molar-refractivity contribution in [2.45, 2.75) is 19.9 Å². The molecule has 1 aliphatic heterocycles. The van der Waals surface area contributed by atoms with Crippen molar-refractivity contribution < 1.29 is 9.53 Å². The third-order valence-electron chi connectivity index (χ3n) is 4.93. The van der Waals surface area contributed by atoms with Gasteiger partial charge in [-0.15, -0.1) is 0 Å². The van der Waals surface area contributed by atoms with Gasteiger partial charge < -0.3 is 14.6 Å². The number of H-pyrrole nitrogens is 1. The van der Waals surface area contributed by atoms with Crippen LogP contribution in [-0.4, -0.2) is 29.4 Å². The van der Waals surface area contributed by atoms with E-state index >= 15 is 0 Å². The Hall–Kier alpha value is -2.46. The van der Waals surface area contributed by atoms with E-state index < -0.39 is 0 Å². The number of rotatable bonds is 2. The molecular formula is C20H19ClN2O2. The van der Waals surface area contributed by atoms with E-state index in [-0.39, 0.29) is 5.91 Å². The molecule has 0 saturated carbocycles. The van der Waals surface area contributed by atoms with E-state index in [2.05, 4.69) is 11.9 Å². The Morgan fingerprint density at radius 2 is 1.92 bits per heavy atom. The highest BCUT2D eigenvalue weighted by atomic mass is 35.5. The number of aromatic amines is 1. The molecule has 0 bridgehead atoms. The first-order valence-electron chi connectivity index (χ1n) is 8.30. The van der Waals surface area contributed by atoms with Gasteiger partial charge in [0.2, 0.25) is 0 Å². The summed E-state index contributed by atoms with van der Waals surface area (Å²) in [7, 11) is 1.67. The van der Waals surface area contributed by atoms with Gasteiger partial charge >= 0.3 is 0 Å². The summed E-state index contributed by atoms with van der Waals surface area (Å²) in [6.45, 7) is 3.29. The number of aryl methyl sites for hydroxylation is 1. The zero-order valence-corrected chi connectivity index (χ0v) is 15.0. The molecular weight excluding hydrogens is 336 g/mol. The van der Waals surface area contributed by atoms with Crippen LogP contribution in [0.4, 0.5) is 0 Å². The number of ether oxygens (including phenoxy) is 1. The topological polar surface area (TPSA) is 45.3 Å². The fourth-order valence-corrected chi connectivity index (χ4v) is 3.79. The van der Waals surface area contributed by atoms with E-state index in [4.69, 9.17) is 16.3 Å². The molecule has 1 N–H and O–H groups in total. The number of nitrogens with zero attached hydrogens (tertiary/aromatic N) is 1. The Balaban J connectivity index is 1.77. The van der Waals surface area contributed by atoms with E-state index in [0.29, 0.717) is 23.7 Å². The summed E-state index contributed by atoms with van der Waals surface area (Å²) in [6, 6.07) is 11.1. The molecule has 0 atom stereocenters. The number of hydrogen-bond donors (Lipinski definition) is 1. The molecule has 0 radical (unpaired) electrons. The summed E-state index contributed by atoms with van der Waals surface area (Å²) in [5.41, 5.74) is 5.25. The molecule has 128 valence electrons. The predicted molar refractivity (Wildman–Crippen MR) is 99.5 cm³/mol. The molecule has 0 fully saturated rings. The first-order chi connectivity index (χ1) is 12.1.